The minimum Gasteiger partial charge on any atom is -0.326 e. The number of aliphatic imine (C=N–C) groups is 2. The van der Waals surface area contributed by atoms with Crippen LogP contribution in [-0.4, -0.2) is 33.5 Å². The van der Waals surface area contributed by atoms with Crippen LogP contribution >= 0.6 is 0 Å². The van der Waals surface area contributed by atoms with Crippen LogP contribution in [-0.2, 0) is 12.4 Å². The summed E-state index contributed by atoms with van der Waals surface area (Å²) in [6.07, 6.45) is -10.0. The molecule has 0 radical (unpaired) electrons. The molecule has 1 unspecified atom stereocenters. The summed E-state index contributed by atoms with van der Waals surface area (Å²) in [6, 6.07) is 4.78. The predicted molar refractivity (Wildman–Crippen MR) is 104 cm³/mol. The molecule has 2 aromatic heterocycles. The third-order valence-corrected chi connectivity index (χ3v) is 5.10. The molecular formula is C19H15F8N7. The van der Waals surface area contributed by atoms with E-state index in [2.05, 4.69) is 30.6 Å². The van der Waals surface area contributed by atoms with Gasteiger partial charge in [-0.3, -0.25) is 10.7 Å². The summed E-state index contributed by atoms with van der Waals surface area (Å²) in [4.78, 5) is 14.8. The average Bonchev–Trinajstić information content (AvgIpc) is 2.71. The quantitative estimate of drug-likeness (QED) is 0.562. The van der Waals surface area contributed by atoms with E-state index in [1.165, 1.54) is 12.1 Å². The Labute approximate surface area is 186 Å². The number of anilines is 1. The summed E-state index contributed by atoms with van der Waals surface area (Å²) in [6.45, 7) is 0. The third-order valence-electron chi connectivity index (χ3n) is 5.10. The van der Waals surface area contributed by atoms with Gasteiger partial charge in [0.25, 0.3) is 0 Å². The largest absolute Gasteiger partial charge is 0.433 e. The number of nitrogens with zero attached hydrogens (tertiary/aromatic N) is 4. The molecular weight excluding hydrogens is 478 g/mol. The van der Waals surface area contributed by atoms with Gasteiger partial charge in [0, 0.05) is 30.6 Å². The number of guanidine groups is 1. The second kappa shape index (κ2) is 7.85. The monoisotopic (exact) mass is 493 g/mol. The molecule has 1 aliphatic carbocycles. The SMILES string of the molecule is NC1(C2CC(F)(F)C2)N=C(Nc2ccnc(C(F)(F)F)c2)NC(c2cccc(C(F)(F)F)n2)=N1. The van der Waals surface area contributed by atoms with Gasteiger partial charge in [0.05, 0.1) is 0 Å². The van der Waals surface area contributed by atoms with Gasteiger partial charge in [-0.1, -0.05) is 6.07 Å². The first kappa shape index (κ1) is 23.8. The van der Waals surface area contributed by atoms with Gasteiger partial charge < -0.3 is 10.6 Å². The molecule has 0 aromatic carbocycles. The Hall–Kier alpha value is -3.36. The van der Waals surface area contributed by atoms with E-state index in [1.807, 2.05) is 0 Å². The van der Waals surface area contributed by atoms with Crippen molar-refractivity contribution in [1.29, 1.82) is 0 Å². The molecule has 2 aromatic rings. The summed E-state index contributed by atoms with van der Waals surface area (Å²) in [5.41, 5.74) is 3.22. The van der Waals surface area contributed by atoms with Gasteiger partial charge in [-0.2, -0.15) is 26.3 Å². The van der Waals surface area contributed by atoms with Gasteiger partial charge in [0.1, 0.15) is 17.1 Å². The van der Waals surface area contributed by atoms with Gasteiger partial charge in [0.2, 0.25) is 17.7 Å². The number of pyridine rings is 2. The van der Waals surface area contributed by atoms with Gasteiger partial charge >= 0.3 is 12.4 Å². The zero-order chi connectivity index (χ0) is 24.9. The lowest BCUT2D eigenvalue weighted by atomic mass is 9.76. The topological polar surface area (TPSA) is 101 Å². The normalized spacial score (nSPS) is 22.9. The summed E-state index contributed by atoms with van der Waals surface area (Å²) in [5, 5.41) is 5.04. The maximum absolute atomic E-state index is 13.5. The highest BCUT2D eigenvalue weighted by Crippen LogP contribution is 2.48. The van der Waals surface area contributed by atoms with Crippen molar-refractivity contribution in [1.82, 2.24) is 15.3 Å². The highest BCUT2D eigenvalue weighted by molar-refractivity contribution is 6.13. The molecule has 34 heavy (non-hydrogen) atoms. The number of halogens is 8. The summed E-state index contributed by atoms with van der Waals surface area (Å²) < 4.78 is 105. The van der Waals surface area contributed by atoms with Crippen LogP contribution in [0.1, 0.15) is 29.9 Å². The fourth-order valence-electron chi connectivity index (χ4n) is 3.40. The fraction of sp³-hybridized carbons (Fsp3) is 0.368. The Morgan fingerprint density at radius 1 is 0.971 bits per heavy atom. The van der Waals surface area contributed by atoms with Crippen LogP contribution in [0.4, 0.5) is 40.8 Å². The molecule has 3 heterocycles. The molecule has 0 bridgehead atoms. The van der Waals surface area contributed by atoms with Crippen LogP contribution in [0.5, 0.6) is 0 Å². The van der Waals surface area contributed by atoms with Crippen molar-refractivity contribution in [2.75, 3.05) is 5.32 Å². The summed E-state index contributed by atoms with van der Waals surface area (Å²) in [7, 11) is 0. The Bertz CT molecular complexity index is 1150. The molecule has 15 heteroatoms. The molecule has 1 atom stereocenters. The van der Waals surface area contributed by atoms with Crippen molar-refractivity contribution < 1.29 is 35.1 Å². The standard InChI is InChI=1S/C19H15F8N7/c20-16(21)7-9(8-16)19(28)33-14(11-2-1-3-12(31-11)17(22,23)24)32-15(34-19)30-10-4-5-29-13(6-10)18(25,26)27/h1-6,9H,7-8,28H2,(H2,29,30,32,33,34). The van der Waals surface area contributed by atoms with Crippen LogP contribution in [0, 0.1) is 5.92 Å². The fourth-order valence-corrected chi connectivity index (χ4v) is 3.40. The molecule has 2 aliphatic rings. The Balaban J connectivity index is 1.70. The predicted octanol–water partition coefficient (Wildman–Crippen LogP) is 3.99. The molecule has 0 saturated heterocycles. The molecule has 4 N–H and O–H groups in total. The molecule has 1 fully saturated rings. The van der Waals surface area contributed by atoms with Gasteiger partial charge in [-0.15, -0.1) is 0 Å². The zero-order valence-corrected chi connectivity index (χ0v) is 16.8. The first-order valence-electron chi connectivity index (χ1n) is 9.63. The van der Waals surface area contributed by atoms with Crippen molar-refractivity contribution in [2.45, 2.75) is 36.9 Å². The summed E-state index contributed by atoms with van der Waals surface area (Å²) >= 11 is 0. The van der Waals surface area contributed by atoms with Crippen LogP contribution in [0.15, 0.2) is 46.5 Å². The van der Waals surface area contributed by atoms with Crippen LogP contribution < -0.4 is 16.4 Å². The number of hydrogen-bond acceptors (Lipinski definition) is 7. The van der Waals surface area contributed by atoms with E-state index in [-0.39, 0.29) is 23.2 Å². The molecule has 4 rings (SSSR count). The number of hydrogen-bond donors (Lipinski definition) is 3. The van der Waals surface area contributed by atoms with E-state index in [4.69, 9.17) is 5.73 Å². The lowest BCUT2D eigenvalue weighted by Crippen LogP contribution is -2.58. The lowest BCUT2D eigenvalue weighted by molar-refractivity contribution is -0.141. The van der Waals surface area contributed by atoms with Crippen molar-refractivity contribution in [3.63, 3.8) is 0 Å². The van der Waals surface area contributed by atoms with E-state index >= 15 is 0 Å². The Kier molecular flexibility index (Phi) is 5.49. The minimum absolute atomic E-state index is 0.145. The second-order valence-electron chi connectivity index (χ2n) is 7.75. The highest BCUT2D eigenvalue weighted by Gasteiger charge is 2.55. The third kappa shape index (κ3) is 4.93. The molecule has 0 amide bonds. The number of aromatic nitrogens is 2. The van der Waals surface area contributed by atoms with Gasteiger partial charge in [-0.05, 0) is 24.3 Å². The number of nitrogens with one attached hydrogen (secondary N) is 2. The molecule has 1 saturated carbocycles. The van der Waals surface area contributed by atoms with Crippen molar-refractivity contribution in [3.8, 4) is 0 Å². The van der Waals surface area contributed by atoms with Crippen molar-refractivity contribution >= 4 is 17.5 Å². The number of nitrogens with two attached hydrogens (primary N) is 1. The number of amidine groups is 1. The van der Waals surface area contributed by atoms with Crippen LogP contribution in [0.25, 0.3) is 0 Å². The van der Waals surface area contributed by atoms with E-state index in [0.29, 0.717) is 6.07 Å². The Morgan fingerprint density at radius 2 is 1.65 bits per heavy atom. The average molecular weight is 493 g/mol. The Morgan fingerprint density at radius 3 is 2.26 bits per heavy atom. The maximum atomic E-state index is 13.5. The van der Waals surface area contributed by atoms with Gasteiger partial charge in [0.15, 0.2) is 5.84 Å². The first-order chi connectivity index (χ1) is 15.6. The van der Waals surface area contributed by atoms with E-state index in [9.17, 15) is 35.1 Å². The highest BCUT2D eigenvalue weighted by atomic mass is 19.4. The molecule has 182 valence electrons. The van der Waals surface area contributed by atoms with E-state index in [1.54, 1.807) is 0 Å². The number of rotatable bonds is 3. The van der Waals surface area contributed by atoms with E-state index in [0.717, 1.165) is 18.3 Å². The molecule has 1 aliphatic heterocycles. The van der Waals surface area contributed by atoms with Crippen LogP contribution in [0.3, 0.4) is 0 Å². The first-order valence-corrected chi connectivity index (χ1v) is 9.63. The molecule has 7 nitrogen and oxygen atoms in total. The van der Waals surface area contributed by atoms with Crippen molar-refractivity contribution in [3.05, 3.63) is 53.6 Å². The van der Waals surface area contributed by atoms with Gasteiger partial charge in [-0.25, -0.2) is 23.7 Å². The smallest absolute Gasteiger partial charge is 0.326 e. The van der Waals surface area contributed by atoms with Crippen molar-refractivity contribution in [2.24, 2.45) is 21.6 Å². The molecule has 0 spiro atoms. The second-order valence-corrected chi connectivity index (χ2v) is 7.75. The maximum Gasteiger partial charge on any atom is 0.433 e. The lowest BCUT2D eigenvalue weighted by Gasteiger charge is -2.43. The van der Waals surface area contributed by atoms with E-state index < -0.39 is 54.2 Å². The zero-order valence-electron chi connectivity index (χ0n) is 16.8. The minimum atomic E-state index is -4.78. The number of alkyl halides is 8. The summed E-state index contributed by atoms with van der Waals surface area (Å²) in [5.74, 6) is -6.67. The van der Waals surface area contributed by atoms with Crippen LogP contribution in [0.2, 0.25) is 0 Å².